The minimum atomic E-state index is -2.16. The van der Waals surface area contributed by atoms with Crippen LogP contribution < -0.4 is 0 Å². The molecule has 0 aliphatic carbocycles. The Morgan fingerprint density at radius 3 is 2.45 bits per heavy atom. The molecule has 0 bridgehead atoms. The van der Waals surface area contributed by atoms with Crippen LogP contribution >= 0.6 is 0 Å². The van der Waals surface area contributed by atoms with E-state index in [1.54, 1.807) is 6.34 Å². The number of amides is 1. The molecule has 2 unspecified atom stereocenters. The highest BCUT2D eigenvalue weighted by molar-refractivity contribution is 6.74. The fourth-order valence-corrected chi connectivity index (χ4v) is 5.23. The van der Waals surface area contributed by atoms with E-state index in [2.05, 4.69) is 47.7 Å². The maximum atomic E-state index is 12.9. The van der Waals surface area contributed by atoms with Gasteiger partial charge >= 0.3 is 6.09 Å². The Bertz CT molecular complexity index is 884. The number of fused-ring (bicyclic) bond motifs is 1. The van der Waals surface area contributed by atoms with Crippen LogP contribution in [0.3, 0.4) is 0 Å². The van der Waals surface area contributed by atoms with Gasteiger partial charge in [-0.3, -0.25) is 9.47 Å². The monoisotopic (exact) mass is 478 g/mol. The third-order valence-electron chi connectivity index (χ3n) is 6.91. The van der Waals surface area contributed by atoms with Gasteiger partial charge in [-0.1, -0.05) is 34.6 Å². The van der Waals surface area contributed by atoms with Gasteiger partial charge in [-0.25, -0.2) is 14.8 Å². The number of aromatic nitrogens is 2. The van der Waals surface area contributed by atoms with E-state index < -0.39 is 26.1 Å². The molecule has 0 radical (unpaired) electrons. The first-order valence-corrected chi connectivity index (χ1v) is 15.0. The summed E-state index contributed by atoms with van der Waals surface area (Å²) in [6.45, 7) is 21.3. The summed E-state index contributed by atoms with van der Waals surface area (Å²) in [5, 5.41) is 0.0119. The zero-order valence-corrected chi connectivity index (χ0v) is 23.0. The predicted molar refractivity (Wildman–Crippen MR) is 132 cm³/mol. The molecule has 1 aromatic rings. The van der Waals surface area contributed by atoms with Crippen LogP contribution in [-0.4, -0.2) is 53.4 Å². The number of imidazole rings is 1. The fourth-order valence-electron chi connectivity index (χ4n) is 3.98. The summed E-state index contributed by atoms with van der Waals surface area (Å²) in [5.74, 6) is 1.16. The van der Waals surface area contributed by atoms with E-state index in [9.17, 15) is 4.79 Å². The number of hydrogen-bond acceptors (Lipinski definition) is 6. The van der Waals surface area contributed by atoms with Crippen molar-refractivity contribution in [3.05, 3.63) is 12.0 Å². The van der Waals surface area contributed by atoms with E-state index in [1.165, 1.54) is 4.90 Å². The summed E-state index contributed by atoms with van der Waals surface area (Å²) in [6, 6.07) is 0. The summed E-state index contributed by atoms with van der Waals surface area (Å²) < 4.78 is 20.7. The quantitative estimate of drug-likeness (QED) is 0.482. The number of nitrogens with zero attached hydrogens (tertiary/aromatic N) is 4. The van der Waals surface area contributed by atoms with Crippen molar-refractivity contribution in [2.75, 3.05) is 6.54 Å². The molecule has 2 aliphatic heterocycles. The third kappa shape index (κ3) is 5.69. The minimum Gasteiger partial charge on any atom is -0.443 e. The van der Waals surface area contributed by atoms with E-state index >= 15 is 0 Å². The smallest absolute Gasteiger partial charge is 0.415 e. The van der Waals surface area contributed by atoms with Gasteiger partial charge < -0.3 is 13.9 Å². The summed E-state index contributed by atoms with van der Waals surface area (Å²) in [5.41, 5.74) is 0.148. The molecule has 1 aromatic heterocycles. The highest BCUT2D eigenvalue weighted by atomic mass is 28.4. The molecule has 3 rings (SSSR count). The molecule has 1 amide bonds. The topological polar surface area (TPSA) is 78.2 Å². The average molecular weight is 479 g/mol. The van der Waals surface area contributed by atoms with Crippen molar-refractivity contribution in [1.82, 2.24) is 14.5 Å². The zero-order valence-electron chi connectivity index (χ0n) is 22.0. The summed E-state index contributed by atoms with van der Waals surface area (Å²) >= 11 is 0. The highest BCUT2D eigenvalue weighted by Crippen LogP contribution is 2.43. The Kier molecular flexibility index (Phi) is 7.18. The van der Waals surface area contributed by atoms with Gasteiger partial charge in [-0.05, 0) is 57.7 Å². The Labute approximate surface area is 199 Å². The summed E-state index contributed by atoms with van der Waals surface area (Å²) in [4.78, 5) is 23.9. The molecule has 0 saturated carbocycles. The lowest BCUT2D eigenvalue weighted by Crippen LogP contribution is -2.45. The van der Waals surface area contributed by atoms with Crippen molar-refractivity contribution in [2.45, 2.75) is 110 Å². The van der Waals surface area contributed by atoms with Crippen molar-refractivity contribution in [1.29, 1.82) is 0 Å². The number of aliphatic imine (C=N–C) groups is 1. The lowest BCUT2D eigenvalue weighted by atomic mass is 10.0. The van der Waals surface area contributed by atoms with Gasteiger partial charge in [0.05, 0.1) is 19.0 Å². The molecule has 4 atom stereocenters. The molecule has 0 N–H and O–H groups in total. The molecule has 186 valence electrons. The van der Waals surface area contributed by atoms with Crippen molar-refractivity contribution in [3.8, 4) is 0 Å². The highest BCUT2D eigenvalue weighted by Gasteiger charge is 2.43. The second-order valence-electron chi connectivity index (χ2n) is 11.9. The second-order valence-corrected chi connectivity index (χ2v) is 16.6. The average Bonchev–Trinajstić information content (AvgIpc) is 3.19. The number of carbonyl (C=O) groups excluding carboxylic acids is 1. The van der Waals surface area contributed by atoms with Crippen molar-refractivity contribution >= 4 is 26.6 Å². The maximum Gasteiger partial charge on any atom is 0.415 e. The number of carbonyl (C=O) groups is 1. The lowest BCUT2D eigenvalue weighted by molar-refractivity contribution is -0.00411. The molecular weight excluding hydrogens is 436 g/mol. The maximum absolute atomic E-state index is 12.9. The van der Waals surface area contributed by atoms with Crippen molar-refractivity contribution in [2.24, 2.45) is 10.9 Å². The first-order valence-electron chi connectivity index (χ1n) is 12.1. The number of rotatable bonds is 4. The Morgan fingerprint density at radius 1 is 1.24 bits per heavy atom. The predicted octanol–water partition coefficient (Wildman–Crippen LogP) is 6.19. The normalized spacial score (nSPS) is 26.3. The first kappa shape index (κ1) is 25.9. The van der Waals surface area contributed by atoms with Crippen molar-refractivity contribution < 1.29 is 18.7 Å². The van der Waals surface area contributed by atoms with Crippen LogP contribution in [0, 0.1) is 5.92 Å². The number of hydrogen-bond donors (Lipinski definition) is 0. The molecule has 3 heterocycles. The van der Waals surface area contributed by atoms with Crippen LogP contribution in [0.15, 0.2) is 11.3 Å². The molecular formula is C24H42N4O4Si. The summed E-state index contributed by atoms with van der Waals surface area (Å²) in [6.07, 6.45) is 4.49. The molecule has 8 nitrogen and oxygen atoms in total. The van der Waals surface area contributed by atoms with Crippen LogP contribution in [0.2, 0.25) is 18.1 Å². The standard InChI is InChI=1S/C24H42N4O4Si/c1-11-17-16(2)12-19(30-17)28-15-25-20-18(32-33(9,10)24(6,7)8)13-27(14-26-21(20)28)22(29)31-23(3,4)5/h14-19H,11-13H2,1-10H3/t16?,17-,18?,19-/m1/s1. The molecule has 1 saturated heterocycles. The zero-order chi connectivity index (χ0) is 24.8. The van der Waals surface area contributed by atoms with E-state index in [1.807, 2.05) is 31.7 Å². The summed E-state index contributed by atoms with van der Waals surface area (Å²) in [7, 11) is -2.16. The molecule has 2 aliphatic rings. The molecule has 1 fully saturated rings. The van der Waals surface area contributed by atoms with Crippen LogP contribution in [-0.2, 0) is 13.9 Å². The Morgan fingerprint density at radius 2 is 1.91 bits per heavy atom. The van der Waals surface area contributed by atoms with Crippen molar-refractivity contribution in [3.63, 3.8) is 0 Å². The van der Waals surface area contributed by atoms with Crippen LogP contribution in [0.5, 0.6) is 0 Å². The van der Waals surface area contributed by atoms with Gasteiger partial charge in [0.25, 0.3) is 0 Å². The van der Waals surface area contributed by atoms with Gasteiger partial charge in [-0.2, -0.15) is 0 Å². The van der Waals surface area contributed by atoms with E-state index in [4.69, 9.17) is 23.9 Å². The molecule has 33 heavy (non-hydrogen) atoms. The Balaban J connectivity index is 1.98. The Hall–Kier alpha value is -1.71. The SMILES string of the molecule is CC[C@H]1O[C@@H](n2cnc3c2N=CN(C(=O)OC(C)(C)C)CC3O[Si](C)(C)C(C)(C)C)CC1C. The van der Waals surface area contributed by atoms with Gasteiger partial charge in [0.1, 0.15) is 30.0 Å². The first-order chi connectivity index (χ1) is 15.1. The van der Waals surface area contributed by atoms with Gasteiger partial charge in [0.15, 0.2) is 14.1 Å². The van der Waals surface area contributed by atoms with Crippen LogP contribution in [0.25, 0.3) is 0 Å². The molecule has 0 spiro atoms. The van der Waals surface area contributed by atoms with Gasteiger partial charge in [0, 0.05) is 0 Å². The largest absolute Gasteiger partial charge is 0.443 e. The van der Waals surface area contributed by atoms with Crippen LogP contribution in [0.1, 0.15) is 86.3 Å². The van der Waals surface area contributed by atoms with Crippen LogP contribution in [0.4, 0.5) is 10.6 Å². The molecule has 9 heteroatoms. The van der Waals surface area contributed by atoms with E-state index in [-0.39, 0.29) is 17.4 Å². The fraction of sp³-hybridized carbons (Fsp3) is 0.792. The number of ether oxygens (including phenoxy) is 2. The second kappa shape index (κ2) is 9.15. The van der Waals surface area contributed by atoms with Gasteiger partial charge in [0.2, 0.25) is 0 Å². The minimum absolute atomic E-state index is 0.0119. The van der Waals surface area contributed by atoms with Gasteiger partial charge in [-0.15, -0.1) is 0 Å². The molecule has 0 aromatic carbocycles. The lowest BCUT2D eigenvalue weighted by Gasteiger charge is -2.39. The third-order valence-corrected chi connectivity index (χ3v) is 11.4. The van der Waals surface area contributed by atoms with E-state index in [0.29, 0.717) is 18.3 Å². The van der Waals surface area contributed by atoms with E-state index in [0.717, 1.165) is 18.5 Å².